The molecular weight excluding hydrogens is 444 g/mol. The highest BCUT2D eigenvalue weighted by Crippen LogP contribution is 2.27. The Balaban J connectivity index is 1.25. The van der Waals surface area contributed by atoms with E-state index in [0.29, 0.717) is 17.6 Å². The van der Waals surface area contributed by atoms with Gasteiger partial charge in [-0.2, -0.15) is 9.97 Å². The third kappa shape index (κ3) is 5.50. The largest absolute Gasteiger partial charge is 0.459 e. The Bertz CT molecular complexity index is 1100. The number of thiocarbonyl (C=S) groups is 1. The molecule has 0 radical (unpaired) electrons. The molecule has 2 saturated heterocycles. The molecule has 2 aliphatic rings. The summed E-state index contributed by atoms with van der Waals surface area (Å²) in [4.78, 5) is 14.3. The Hall–Kier alpha value is -3.13. The van der Waals surface area contributed by atoms with Crippen LogP contribution in [0, 0.1) is 5.92 Å². The molecule has 2 fully saturated rings. The second kappa shape index (κ2) is 10.4. The van der Waals surface area contributed by atoms with Crippen LogP contribution < -0.4 is 20.4 Å². The number of hydrogen-bond acceptors (Lipinski definition) is 6. The second-order valence-electron chi connectivity index (χ2n) is 9.21. The summed E-state index contributed by atoms with van der Waals surface area (Å²) in [6.07, 6.45) is 4.80. The van der Waals surface area contributed by atoms with Crippen LogP contribution in [0.25, 0.3) is 11.3 Å². The van der Waals surface area contributed by atoms with E-state index in [4.69, 9.17) is 26.6 Å². The van der Waals surface area contributed by atoms with Crippen molar-refractivity contribution in [2.75, 3.05) is 41.3 Å². The fourth-order valence-electron chi connectivity index (χ4n) is 4.53. The number of piperidine rings is 1. The van der Waals surface area contributed by atoms with Gasteiger partial charge < -0.3 is 24.9 Å². The Labute approximate surface area is 206 Å². The zero-order valence-electron chi connectivity index (χ0n) is 19.7. The van der Waals surface area contributed by atoms with Gasteiger partial charge in [0.2, 0.25) is 5.95 Å². The van der Waals surface area contributed by atoms with E-state index >= 15 is 0 Å². The predicted octanol–water partition coefficient (Wildman–Crippen LogP) is 5.06. The van der Waals surface area contributed by atoms with Crippen molar-refractivity contribution in [1.82, 2.24) is 15.3 Å². The molecule has 2 N–H and O–H groups in total. The number of nitrogens with one attached hydrogen (secondary N) is 2. The number of rotatable bonds is 6. The molecular formula is C26H32N6OS. The van der Waals surface area contributed by atoms with Gasteiger partial charge in [0, 0.05) is 37.8 Å². The van der Waals surface area contributed by atoms with E-state index in [1.165, 1.54) is 25.7 Å². The number of hydrogen-bond donors (Lipinski definition) is 2. The summed E-state index contributed by atoms with van der Waals surface area (Å²) >= 11 is 5.56. The Kier molecular flexibility index (Phi) is 6.94. The van der Waals surface area contributed by atoms with Crippen LogP contribution >= 0.6 is 12.2 Å². The Morgan fingerprint density at radius 2 is 1.65 bits per heavy atom. The van der Waals surface area contributed by atoms with Gasteiger partial charge in [0.05, 0.1) is 6.54 Å². The zero-order valence-corrected chi connectivity index (χ0v) is 20.5. The van der Waals surface area contributed by atoms with Crippen LogP contribution in [0.4, 0.5) is 17.6 Å². The summed E-state index contributed by atoms with van der Waals surface area (Å²) < 4.78 is 5.97. The zero-order chi connectivity index (χ0) is 23.3. The van der Waals surface area contributed by atoms with Crippen molar-refractivity contribution >= 4 is 34.9 Å². The molecule has 34 heavy (non-hydrogen) atoms. The Morgan fingerprint density at radius 3 is 2.35 bits per heavy atom. The smallest absolute Gasteiger partial charge is 0.232 e. The summed E-state index contributed by atoms with van der Waals surface area (Å²) in [6.45, 7) is 6.95. The van der Waals surface area contributed by atoms with E-state index in [0.717, 1.165) is 60.8 Å². The summed E-state index contributed by atoms with van der Waals surface area (Å²) in [7, 11) is 0. The molecule has 0 aliphatic carbocycles. The second-order valence-corrected chi connectivity index (χ2v) is 9.62. The van der Waals surface area contributed by atoms with E-state index < -0.39 is 0 Å². The number of anilines is 3. The highest BCUT2D eigenvalue weighted by molar-refractivity contribution is 7.80. The molecule has 2 aliphatic heterocycles. The minimum atomic E-state index is 0.481. The highest BCUT2D eigenvalue weighted by Gasteiger charge is 2.21. The van der Waals surface area contributed by atoms with Crippen LogP contribution in [-0.2, 0) is 6.54 Å². The van der Waals surface area contributed by atoms with E-state index in [2.05, 4.69) is 33.4 Å². The number of furan rings is 1. The third-order valence-corrected chi connectivity index (χ3v) is 6.85. The fraction of sp³-hybridized carbons (Fsp3) is 0.423. The number of nitrogens with zero attached hydrogens (tertiary/aromatic N) is 4. The summed E-state index contributed by atoms with van der Waals surface area (Å²) in [5.41, 5.74) is 1.06. The molecule has 8 heteroatoms. The van der Waals surface area contributed by atoms with Gasteiger partial charge in [-0.3, -0.25) is 0 Å². The van der Waals surface area contributed by atoms with Gasteiger partial charge in [0.1, 0.15) is 23.2 Å². The van der Waals surface area contributed by atoms with Crippen molar-refractivity contribution in [2.24, 2.45) is 5.92 Å². The topological polar surface area (TPSA) is 69.5 Å². The summed E-state index contributed by atoms with van der Waals surface area (Å²) in [5.74, 6) is 4.93. The lowest BCUT2D eigenvalue weighted by atomic mass is 9.99. The maximum atomic E-state index is 5.97. The first-order valence-corrected chi connectivity index (χ1v) is 12.6. The van der Waals surface area contributed by atoms with Crippen LogP contribution in [0.15, 0.2) is 52.9 Å². The fourth-order valence-corrected chi connectivity index (χ4v) is 4.69. The van der Waals surface area contributed by atoms with E-state index in [1.807, 2.05) is 42.5 Å². The molecule has 0 amide bonds. The minimum Gasteiger partial charge on any atom is -0.459 e. The quantitative estimate of drug-likeness (QED) is 0.479. The van der Waals surface area contributed by atoms with Crippen molar-refractivity contribution in [3.05, 3.63) is 54.3 Å². The number of aromatic nitrogens is 2. The monoisotopic (exact) mass is 476 g/mol. The van der Waals surface area contributed by atoms with Crippen molar-refractivity contribution < 1.29 is 4.42 Å². The molecule has 2 aromatic heterocycles. The Morgan fingerprint density at radius 1 is 0.971 bits per heavy atom. The predicted molar refractivity (Wildman–Crippen MR) is 141 cm³/mol. The maximum Gasteiger partial charge on any atom is 0.232 e. The molecule has 1 aromatic carbocycles. The van der Waals surface area contributed by atoms with Gasteiger partial charge in [0.25, 0.3) is 0 Å². The van der Waals surface area contributed by atoms with Gasteiger partial charge in [-0.1, -0.05) is 37.3 Å². The number of benzene rings is 1. The standard InChI is InChI=1S/C26H32N6OS/c1-19-11-15-32(16-12-19)24-17-23(31-13-5-6-14-31)28-25(29-24)30-26(34)27-18-21-9-10-22(33-21)20-7-3-2-4-8-20/h2-4,7-10,17,19H,5-6,11-16,18H2,1H3,(H2,27,28,29,30,34). The van der Waals surface area contributed by atoms with Gasteiger partial charge in [-0.25, -0.2) is 0 Å². The van der Waals surface area contributed by atoms with Gasteiger partial charge in [-0.05, 0) is 56.0 Å². The molecule has 4 heterocycles. The van der Waals surface area contributed by atoms with E-state index in [-0.39, 0.29) is 0 Å². The molecule has 7 nitrogen and oxygen atoms in total. The normalized spacial score (nSPS) is 16.6. The van der Waals surface area contributed by atoms with Crippen molar-refractivity contribution in [3.8, 4) is 11.3 Å². The van der Waals surface area contributed by atoms with Crippen LogP contribution in [0.2, 0.25) is 0 Å². The van der Waals surface area contributed by atoms with Crippen molar-refractivity contribution in [1.29, 1.82) is 0 Å². The molecule has 0 atom stereocenters. The van der Waals surface area contributed by atoms with E-state index in [1.54, 1.807) is 0 Å². The molecule has 5 rings (SSSR count). The van der Waals surface area contributed by atoms with Gasteiger partial charge >= 0.3 is 0 Å². The van der Waals surface area contributed by atoms with Crippen molar-refractivity contribution in [2.45, 2.75) is 39.2 Å². The molecule has 0 saturated carbocycles. The highest BCUT2D eigenvalue weighted by atomic mass is 32.1. The first-order chi connectivity index (χ1) is 16.6. The van der Waals surface area contributed by atoms with Gasteiger partial charge in [0.15, 0.2) is 5.11 Å². The first kappa shape index (κ1) is 22.7. The lowest BCUT2D eigenvalue weighted by molar-refractivity contribution is 0.436. The van der Waals surface area contributed by atoms with Crippen LogP contribution in [0.3, 0.4) is 0 Å². The molecule has 178 valence electrons. The average Bonchev–Trinajstić information content (AvgIpc) is 3.56. The van der Waals surface area contributed by atoms with E-state index in [9.17, 15) is 0 Å². The SMILES string of the molecule is CC1CCN(c2cc(N3CCCC3)nc(NC(=S)NCc3ccc(-c4ccccc4)o3)n2)CC1. The van der Waals surface area contributed by atoms with Crippen LogP contribution in [0.1, 0.15) is 38.4 Å². The molecule has 0 bridgehead atoms. The molecule has 3 aromatic rings. The van der Waals surface area contributed by atoms with Crippen LogP contribution in [0.5, 0.6) is 0 Å². The lowest BCUT2D eigenvalue weighted by Gasteiger charge is -2.32. The molecule has 0 spiro atoms. The van der Waals surface area contributed by atoms with Crippen molar-refractivity contribution in [3.63, 3.8) is 0 Å². The summed E-state index contributed by atoms with van der Waals surface area (Å²) in [5, 5.41) is 6.91. The first-order valence-electron chi connectivity index (χ1n) is 12.2. The maximum absolute atomic E-state index is 5.97. The van der Waals surface area contributed by atoms with Gasteiger partial charge in [-0.15, -0.1) is 0 Å². The minimum absolute atomic E-state index is 0.481. The lowest BCUT2D eigenvalue weighted by Crippen LogP contribution is -2.34. The average molecular weight is 477 g/mol. The molecule has 0 unspecified atom stereocenters. The van der Waals surface area contributed by atoms with Crippen LogP contribution in [-0.4, -0.2) is 41.3 Å². The third-order valence-electron chi connectivity index (χ3n) is 6.61. The summed E-state index contributed by atoms with van der Waals surface area (Å²) in [6, 6.07) is 16.2.